The first kappa shape index (κ1) is 18.1. The van der Waals surface area contributed by atoms with Gasteiger partial charge >= 0.3 is 0 Å². The summed E-state index contributed by atoms with van der Waals surface area (Å²) in [4.78, 5) is 19.7. The zero-order chi connectivity index (χ0) is 19.2. The summed E-state index contributed by atoms with van der Waals surface area (Å²) in [5.41, 5.74) is 8.66. The molecule has 2 aromatic heterocycles. The van der Waals surface area contributed by atoms with Gasteiger partial charge in [-0.2, -0.15) is 5.10 Å². The summed E-state index contributed by atoms with van der Waals surface area (Å²) in [5.74, 6) is 5.86. The molecule has 0 fully saturated rings. The Hall–Kier alpha value is -3.73. The SMILES string of the molecule is Cc1ccc(C(N)=O)cc1C#Cc1cnc(Nc2cnn(CCF)c2)nc1. The van der Waals surface area contributed by atoms with E-state index in [9.17, 15) is 9.18 Å². The van der Waals surface area contributed by atoms with E-state index in [0.29, 0.717) is 28.3 Å². The lowest BCUT2D eigenvalue weighted by Gasteiger charge is -2.01. The van der Waals surface area contributed by atoms with Gasteiger partial charge in [0.05, 0.1) is 24.0 Å². The molecule has 3 rings (SSSR count). The Balaban J connectivity index is 1.72. The van der Waals surface area contributed by atoms with Crippen molar-refractivity contribution in [1.29, 1.82) is 0 Å². The van der Waals surface area contributed by atoms with Crippen LogP contribution in [0.3, 0.4) is 0 Å². The Morgan fingerprint density at radius 3 is 2.74 bits per heavy atom. The number of hydrogen-bond acceptors (Lipinski definition) is 5. The van der Waals surface area contributed by atoms with Crippen LogP contribution in [-0.2, 0) is 6.54 Å². The summed E-state index contributed by atoms with van der Waals surface area (Å²) in [5, 5.41) is 7.00. The van der Waals surface area contributed by atoms with Gasteiger partial charge in [-0.1, -0.05) is 17.9 Å². The number of nitrogens with one attached hydrogen (secondary N) is 1. The fourth-order valence-corrected chi connectivity index (χ4v) is 2.27. The number of halogens is 1. The number of nitrogens with zero attached hydrogens (tertiary/aromatic N) is 4. The molecule has 136 valence electrons. The van der Waals surface area contributed by atoms with Crippen LogP contribution in [-0.4, -0.2) is 32.3 Å². The van der Waals surface area contributed by atoms with Gasteiger partial charge in [0.25, 0.3) is 0 Å². The van der Waals surface area contributed by atoms with Crippen molar-refractivity contribution in [3.8, 4) is 11.8 Å². The number of aryl methyl sites for hydroxylation is 2. The quantitative estimate of drug-likeness (QED) is 0.676. The number of amides is 1. The second-order valence-corrected chi connectivity index (χ2v) is 5.75. The molecular weight excluding hydrogens is 347 g/mol. The predicted octanol–water partition coefficient (Wildman–Crippen LogP) is 2.19. The van der Waals surface area contributed by atoms with Crippen molar-refractivity contribution in [3.05, 3.63) is 65.2 Å². The summed E-state index contributed by atoms with van der Waals surface area (Å²) in [6, 6.07) is 5.13. The Kier molecular flexibility index (Phi) is 5.42. The molecule has 0 atom stereocenters. The van der Waals surface area contributed by atoms with Crippen LogP contribution in [0.1, 0.15) is 27.0 Å². The van der Waals surface area contributed by atoms with Crippen molar-refractivity contribution in [3.63, 3.8) is 0 Å². The second kappa shape index (κ2) is 8.10. The molecule has 8 heteroatoms. The van der Waals surface area contributed by atoms with Crippen LogP contribution in [0.15, 0.2) is 43.0 Å². The number of carbonyl (C=O) groups excluding carboxylic acids is 1. The van der Waals surface area contributed by atoms with E-state index in [0.717, 1.165) is 5.56 Å². The van der Waals surface area contributed by atoms with Gasteiger partial charge in [-0.25, -0.2) is 14.4 Å². The number of hydrogen-bond donors (Lipinski definition) is 2. The summed E-state index contributed by atoms with van der Waals surface area (Å²) in [6.45, 7) is 1.63. The monoisotopic (exact) mass is 364 g/mol. The lowest BCUT2D eigenvalue weighted by atomic mass is 10.0. The maximum absolute atomic E-state index is 12.3. The number of primary amides is 1. The minimum Gasteiger partial charge on any atom is -0.366 e. The first-order valence-corrected chi connectivity index (χ1v) is 8.15. The predicted molar refractivity (Wildman–Crippen MR) is 99.2 cm³/mol. The number of nitrogens with two attached hydrogens (primary N) is 1. The molecule has 0 unspecified atom stereocenters. The summed E-state index contributed by atoms with van der Waals surface area (Å²) in [6.07, 6.45) is 6.41. The van der Waals surface area contributed by atoms with Crippen LogP contribution in [0.25, 0.3) is 0 Å². The Bertz CT molecular complexity index is 1020. The number of carbonyl (C=O) groups is 1. The number of rotatable bonds is 5. The molecule has 1 amide bonds. The topological polar surface area (TPSA) is 98.7 Å². The van der Waals surface area contributed by atoms with Gasteiger partial charge in [-0.15, -0.1) is 0 Å². The highest BCUT2D eigenvalue weighted by molar-refractivity contribution is 5.93. The van der Waals surface area contributed by atoms with Crippen molar-refractivity contribution >= 4 is 17.5 Å². The molecule has 0 aliphatic rings. The molecule has 1 aromatic carbocycles. The first-order valence-electron chi connectivity index (χ1n) is 8.15. The molecule has 0 aliphatic heterocycles. The highest BCUT2D eigenvalue weighted by Crippen LogP contribution is 2.12. The maximum Gasteiger partial charge on any atom is 0.248 e. The van der Waals surface area contributed by atoms with E-state index < -0.39 is 12.6 Å². The van der Waals surface area contributed by atoms with Crippen LogP contribution < -0.4 is 11.1 Å². The molecule has 3 aromatic rings. The van der Waals surface area contributed by atoms with Crippen molar-refractivity contribution < 1.29 is 9.18 Å². The highest BCUT2D eigenvalue weighted by Gasteiger charge is 2.03. The van der Waals surface area contributed by atoms with E-state index in [1.807, 2.05) is 6.92 Å². The van der Waals surface area contributed by atoms with Crippen molar-refractivity contribution in [2.75, 3.05) is 12.0 Å². The van der Waals surface area contributed by atoms with Gasteiger partial charge in [0.15, 0.2) is 0 Å². The van der Waals surface area contributed by atoms with Crippen molar-refractivity contribution in [1.82, 2.24) is 19.7 Å². The molecule has 2 heterocycles. The number of benzene rings is 1. The lowest BCUT2D eigenvalue weighted by Crippen LogP contribution is -2.11. The van der Waals surface area contributed by atoms with Gasteiger partial charge < -0.3 is 11.1 Å². The molecule has 0 bridgehead atoms. The van der Waals surface area contributed by atoms with Gasteiger partial charge in [0, 0.05) is 29.7 Å². The maximum atomic E-state index is 12.3. The van der Waals surface area contributed by atoms with Crippen LogP contribution >= 0.6 is 0 Å². The Labute approximate surface area is 155 Å². The van der Waals surface area contributed by atoms with Gasteiger partial charge in [-0.05, 0) is 24.6 Å². The summed E-state index contributed by atoms with van der Waals surface area (Å²) >= 11 is 0. The number of aromatic nitrogens is 4. The fourth-order valence-electron chi connectivity index (χ4n) is 2.27. The summed E-state index contributed by atoms with van der Waals surface area (Å²) < 4.78 is 13.8. The van der Waals surface area contributed by atoms with Crippen LogP contribution in [0.4, 0.5) is 16.0 Å². The van der Waals surface area contributed by atoms with E-state index >= 15 is 0 Å². The molecule has 0 aliphatic carbocycles. The Morgan fingerprint density at radius 2 is 2.04 bits per heavy atom. The van der Waals surface area contributed by atoms with Gasteiger partial charge in [0.2, 0.25) is 11.9 Å². The first-order chi connectivity index (χ1) is 13.0. The molecule has 3 N–H and O–H groups in total. The van der Waals surface area contributed by atoms with E-state index in [1.54, 1.807) is 43.0 Å². The average molecular weight is 364 g/mol. The minimum absolute atomic E-state index is 0.202. The standard InChI is InChI=1S/C19H17FN6O/c1-13-2-4-16(18(21)27)8-15(13)5-3-14-9-22-19(23-10-14)25-17-11-24-26(12-17)7-6-20/h2,4,8-12H,6-7H2,1H3,(H2,21,27)(H,22,23,25). The molecule has 0 saturated heterocycles. The molecule has 7 nitrogen and oxygen atoms in total. The third-order valence-electron chi connectivity index (χ3n) is 3.72. The zero-order valence-electron chi connectivity index (χ0n) is 14.6. The van der Waals surface area contributed by atoms with E-state index in [1.165, 1.54) is 4.68 Å². The van der Waals surface area contributed by atoms with Crippen LogP contribution in [0.5, 0.6) is 0 Å². The average Bonchev–Trinajstić information content (AvgIpc) is 3.09. The van der Waals surface area contributed by atoms with Gasteiger partial charge in [-0.3, -0.25) is 9.48 Å². The largest absolute Gasteiger partial charge is 0.366 e. The fraction of sp³-hybridized carbons (Fsp3) is 0.158. The normalized spacial score (nSPS) is 10.1. The zero-order valence-corrected chi connectivity index (χ0v) is 14.6. The van der Waals surface area contributed by atoms with Crippen molar-refractivity contribution in [2.24, 2.45) is 5.73 Å². The molecular formula is C19H17FN6O. The second-order valence-electron chi connectivity index (χ2n) is 5.75. The third kappa shape index (κ3) is 4.67. The number of alkyl halides is 1. The molecule has 0 saturated carbocycles. The van der Waals surface area contributed by atoms with Crippen molar-refractivity contribution in [2.45, 2.75) is 13.5 Å². The van der Waals surface area contributed by atoms with E-state index in [-0.39, 0.29) is 6.54 Å². The third-order valence-corrected chi connectivity index (χ3v) is 3.72. The Morgan fingerprint density at radius 1 is 1.26 bits per heavy atom. The molecule has 27 heavy (non-hydrogen) atoms. The van der Waals surface area contributed by atoms with E-state index in [2.05, 4.69) is 32.2 Å². The molecule has 0 radical (unpaired) electrons. The smallest absolute Gasteiger partial charge is 0.248 e. The van der Waals surface area contributed by atoms with Crippen LogP contribution in [0, 0.1) is 18.8 Å². The van der Waals surface area contributed by atoms with E-state index in [4.69, 9.17) is 5.73 Å². The lowest BCUT2D eigenvalue weighted by molar-refractivity contribution is 0.1000. The van der Waals surface area contributed by atoms with Crippen LogP contribution in [0.2, 0.25) is 0 Å². The number of anilines is 2. The molecule has 0 spiro atoms. The highest BCUT2D eigenvalue weighted by atomic mass is 19.1. The summed E-state index contributed by atoms with van der Waals surface area (Å²) in [7, 11) is 0. The van der Waals surface area contributed by atoms with Gasteiger partial charge in [0.1, 0.15) is 6.67 Å². The minimum atomic E-state index is -0.494.